The summed E-state index contributed by atoms with van der Waals surface area (Å²) in [5.41, 5.74) is 1.61. The van der Waals surface area contributed by atoms with E-state index < -0.39 is 12.7 Å². The van der Waals surface area contributed by atoms with Gasteiger partial charge in [0.1, 0.15) is 0 Å². The molecule has 6 nitrogen and oxygen atoms in total. The lowest BCUT2D eigenvalue weighted by atomic mass is 10.2. The molecule has 170 valence electrons. The highest BCUT2D eigenvalue weighted by molar-refractivity contribution is 7.71. The third-order valence-electron chi connectivity index (χ3n) is 5.12. The fourth-order valence-corrected chi connectivity index (χ4v) is 3.99. The lowest BCUT2D eigenvalue weighted by Gasteiger charge is -2.27. The van der Waals surface area contributed by atoms with Gasteiger partial charge < -0.3 is 9.64 Å². The molecule has 0 N–H and O–H groups in total. The Kier molecular flexibility index (Phi) is 6.92. The van der Waals surface area contributed by atoms with Crippen molar-refractivity contribution in [3.05, 3.63) is 71.0 Å². The van der Waals surface area contributed by atoms with E-state index in [-0.39, 0.29) is 13.2 Å². The first kappa shape index (κ1) is 22.5. The Morgan fingerprint density at radius 1 is 0.969 bits per heavy atom. The molecule has 1 fully saturated rings. The first-order valence-corrected chi connectivity index (χ1v) is 10.7. The Bertz CT molecular complexity index is 1060. The van der Waals surface area contributed by atoms with Crippen LogP contribution >= 0.6 is 12.2 Å². The van der Waals surface area contributed by atoms with Crippen molar-refractivity contribution in [3.8, 4) is 5.69 Å². The molecule has 0 unspecified atom stereocenters. The summed E-state index contributed by atoms with van der Waals surface area (Å²) in [5.74, 6) is 0.608. The Balaban J connectivity index is 1.69. The Labute approximate surface area is 189 Å². The highest BCUT2D eigenvalue weighted by Gasteiger charge is 2.31. The molecule has 1 aliphatic heterocycles. The van der Waals surface area contributed by atoms with Gasteiger partial charge in [0, 0.05) is 19.6 Å². The molecule has 0 atom stereocenters. The lowest BCUT2D eigenvalue weighted by Crippen LogP contribution is -2.38. The predicted octanol–water partition coefficient (Wildman–Crippen LogP) is 4.26. The average molecular weight is 464 g/mol. The van der Waals surface area contributed by atoms with Crippen LogP contribution in [0.5, 0.6) is 0 Å². The van der Waals surface area contributed by atoms with Gasteiger partial charge >= 0.3 is 6.18 Å². The van der Waals surface area contributed by atoms with Crippen molar-refractivity contribution in [3.63, 3.8) is 0 Å². The number of aromatic nitrogens is 3. The number of halogens is 3. The SMILES string of the molecule is FC(F)(F)CN(Cc1ccccc1)Cn1nc(N2CCOCC2)n(-c2ccccc2)c1=S. The number of alkyl halides is 3. The first-order valence-electron chi connectivity index (χ1n) is 10.3. The second kappa shape index (κ2) is 9.85. The van der Waals surface area contributed by atoms with E-state index >= 15 is 0 Å². The summed E-state index contributed by atoms with van der Waals surface area (Å²) in [4.78, 5) is 3.35. The second-order valence-corrected chi connectivity index (χ2v) is 7.95. The van der Waals surface area contributed by atoms with Gasteiger partial charge in [-0.05, 0) is 29.9 Å². The summed E-state index contributed by atoms with van der Waals surface area (Å²) >= 11 is 5.69. The van der Waals surface area contributed by atoms with E-state index in [4.69, 9.17) is 17.0 Å². The monoisotopic (exact) mass is 463 g/mol. The molecule has 1 aliphatic rings. The summed E-state index contributed by atoms with van der Waals surface area (Å²) in [5, 5.41) is 4.66. The Morgan fingerprint density at radius 3 is 2.22 bits per heavy atom. The summed E-state index contributed by atoms with van der Waals surface area (Å²) in [6.07, 6.45) is -4.34. The molecule has 0 radical (unpaired) electrons. The molecule has 0 bridgehead atoms. The number of hydrogen-bond donors (Lipinski definition) is 0. The second-order valence-electron chi connectivity index (χ2n) is 7.58. The van der Waals surface area contributed by atoms with Crippen LogP contribution in [0.1, 0.15) is 5.56 Å². The number of nitrogens with zero attached hydrogens (tertiary/aromatic N) is 5. The molecule has 0 spiro atoms. The summed E-state index contributed by atoms with van der Waals surface area (Å²) in [6, 6.07) is 18.6. The van der Waals surface area contributed by atoms with Crippen LogP contribution < -0.4 is 4.90 Å². The van der Waals surface area contributed by atoms with Gasteiger partial charge in [-0.15, -0.1) is 5.10 Å². The van der Waals surface area contributed by atoms with Crippen molar-refractivity contribution in [2.24, 2.45) is 0 Å². The van der Waals surface area contributed by atoms with E-state index in [2.05, 4.69) is 5.10 Å². The molecule has 0 amide bonds. The van der Waals surface area contributed by atoms with Gasteiger partial charge in [0.05, 0.1) is 32.1 Å². The van der Waals surface area contributed by atoms with Crippen LogP contribution in [-0.2, 0) is 18.0 Å². The molecule has 10 heteroatoms. The number of hydrogen-bond acceptors (Lipinski definition) is 5. The first-order chi connectivity index (χ1) is 15.4. The largest absolute Gasteiger partial charge is 0.401 e. The maximum Gasteiger partial charge on any atom is 0.401 e. The molecule has 4 rings (SSSR count). The van der Waals surface area contributed by atoms with Crippen LogP contribution in [-0.4, -0.2) is 58.3 Å². The highest BCUT2D eigenvalue weighted by Crippen LogP contribution is 2.23. The van der Waals surface area contributed by atoms with Crippen LogP contribution in [0, 0.1) is 4.77 Å². The van der Waals surface area contributed by atoms with Crippen molar-refractivity contribution < 1.29 is 17.9 Å². The number of anilines is 1. The average Bonchev–Trinajstić information content (AvgIpc) is 3.10. The van der Waals surface area contributed by atoms with Crippen LogP contribution in [0.15, 0.2) is 60.7 Å². The third kappa shape index (κ3) is 5.56. The summed E-state index contributed by atoms with van der Waals surface area (Å²) < 4.78 is 49.1. The molecular weight excluding hydrogens is 439 g/mol. The van der Waals surface area contributed by atoms with Gasteiger partial charge in [-0.25, -0.2) is 4.68 Å². The molecule has 0 saturated carbocycles. The van der Waals surface area contributed by atoms with Crippen LogP contribution in [0.4, 0.5) is 19.1 Å². The van der Waals surface area contributed by atoms with Crippen molar-refractivity contribution >= 4 is 18.2 Å². The van der Waals surface area contributed by atoms with E-state index in [1.807, 2.05) is 70.1 Å². The zero-order valence-electron chi connectivity index (χ0n) is 17.4. The van der Waals surface area contributed by atoms with Crippen molar-refractivity contribution in [2.45, 2.75) is 19.4 Å². The molecule has 1 saturated heterocycles. The highest BCUT2D eigenvalue weighted by atomic mass is 32.1. The maximum atomic E-state index is 13.3. The van der Waals surface area contributed by atoms with E-state index in [9.17, 15) is 13.2 Å². The van der Waals surface area contributed by atoms with Gasteiger partial charge in [0.15, 0.2) is 0 Å². The predicted molar refractivity (Wildman–Crippen MR) is 118 cm³/mol. The topological polar surface area (TPSA) is 38.5 Å². The van der Waals surface area contributed by atoms with E-state index in [0.717, 1.165) is 11.3 Å². The number of para-hydroxylation sites is 1. The minimum atomic E-state index is -4.34. The quantitative estimate of drug-likeness (QED) is 0.490. The minimum Gasteiger partial charge on any atom is -0.378 e. The normalized spacial score (nSPS) is 14.8. The fourth-order valence-electron chi connectivity index (χ4n) is 3.70. The maximum absolute atomic E-state index is 13.3. The van der Waals surface area contributed by atoms with Crippen LogP contribution in [0.3, 0.4) is 0 Å². The van der Waals surface area contributed by atoms with Gasteiger partial charge in [0.2, 0.25) is 10.7 Å². The molecule has 3 aromatic rings. The molecule has 2 heterocycles. The number of ether oxygens (including phenoxy) is 1. The van der Waals surface area contributed by atoms with Crippen molar-refractivity contribution in [1.82, 2.24) is 19.2 Å². The summed E-state index contributed by atoms with van der Waals surface area (Å²) in [6.45, 7) is 1.38. The zero-order chi connectivity index (χ0) is 22.6. The molecule has 0 aliphatic carbocycles. The molecule has 32 heavy (non-hydrogen) atoms. The van der Waals surface area contributed by atoms with Crippen LogP contribution in [0.25, 0.3) is 5.69 Å². The van der Waals surface area contributed by atoms with Gasteiger partial charge in [0.25, 0.3) is 0 Å². The molecular formula is C22H24F3N5OS. The van der Waals surface area contributed by atoms with E-state index in [0.29, 0.717) is 37.0 Å². The zero-order valence-corrected chi connectivity index (χ0v) is 18.2. The minimum absolute atomic E-state index is 0.0790. The molecule has 2 aromatic carbocycles. The molecule has 1 aromatic heterocycles. The number of morpholine rings is 1. The Morgan fingerprint density at radius 2 is 1.59 bits per heavy atom. The Hall–Kier alpha value is -2.69. The van der Waals surface area contributed by atoms with Gasteiger partial charge in [-0.1, -0.05) is 48.5 Å². The lowest BCUT2D eigenvalue weighted by molar-refractivity contribution is -0.151. The van der Waals surface area contributed by atoms with E-state index in [1.165, 1.54) is 9.58 Å². The van der Waals surface area contributed by atoms with Crippen molar-refractivity contribution in [2.75, 3.05) is 37.7 Å². The third-order valence-corrected chi connectivity index (χ3v) is 5.51. The number of benzene rings is 2. The van der Waals surface area contributed by atoms with Crippen molar-refractivity contribution in [1.29, 1.82) is 0 Å². The van der Waals surface area contributed by atoms with Crippen LogP contribution in [0.2, 0.25) is 0 Å². The van der Waals surface area contributed by atoms with Gasteiger partial charge in [-0.2, -0.15) is 13.2 Å². The smallest absolute Gasteiger partial charge is 0.378 e. The summed E-state index contributed by atoms with van der Waals surface area (Å²) in [7, 11) is 0. The number of rotatable bonds is 7. The fraction of sp³-hybridized carbons (Fsp3) is 0.364. The van der Waals surface area contributed by atoms with Gasteiger partial charge in [-0.3, -0.25) is 9.47 Å². The standard InChI is InChI=1S/C22H24F3N5OS/c23-22(24,25)16-27(15-18-7-3-1-4-8-18)17-29-21(32)30(19-9-5-2-6-10-19)20(26-29)28-11-13-31-14-12-28/h1-10H,11-17H2. The van der Waals surface area contributed by atoms with E-state index in [1.54, 1.807) is 0 Å².